The van der Waals surface area contributed by atoms with Crippen molar-refractivity contribution in [2.75, 3.05) is 0 Å². The number of benzene rings is 1. The normalized spacial score (nSPS) is 10.6. The topological polar surface area (TPSA) is 38.0 Å². The highest BCUT2D eigenvalue weighted by Crippen LogP contribution is 2.25. The van der Waals surface area contributed by atoms with Gasteiger partial charge in [0.15, 0.2) is 0 Å². The summed E-state index contributed by atoms with van der Waals surface area (Å²) in [6.45, 7) is 2.79. The quantitative estimate of drug-likeness (QED) is 0.863. The maximum absolute atomic E-state index is 13.6. The first-order chi connectivity index (χ1) is 7.72. The molecule has 1 aromatic heterocycles. The molecule has 1 N–H and O–H groups in total. The molecule has 0 bridgehead atoms. The minimum atomic E-state index is -0.433. The van der Waals surface area contributed by atoms with Gasteiger partial charge in [-0.25, -0.2) is 4.39 Å². The van der Waals surface area contributed by atoms with Crippen LogP contribution in [0.1, 0.15) is 13.3 Å². The van der Waals surface area contributed by atoms with Crippen LogP contribution < -0.4 is 0 Å². The molecular weight excluding hydrogens is 207 g/mol. The lowest BCUT2D eigenvalue weighted by molar-refractivity contribution is 0.469. The minimum Gasteiger partial charge on any atom is -0.508 e. The second-order valence-electron chi connectivity index (χ2n) is 3.60. The van der Waals surface area contributed by atoms with Gasteiger partial charge in [0.2, 0.25) is 0 Å². The van der Waals surface area contributed by atoms with E-state index in [2.05, 4.69) is 5.10 Å². The van der Waals surface area contributed by atoms with Gasteiger partial charge >= 0.3 is 0 Å². The molecule has 84 valence electrons. The number of phenols is 1. The zero-order chi connectivity index (χ0) is 11.5. The van der Waals surface area contributed by atoms with Crippen molar-refractivity contribution in [3.8, 4) is 17.0 Å². The lowest BCUT2D eigenvalue weighted by Gasteiger charge is -2.07. The molecule has 0 aliphatic carbocycles. The van der Waals surface area contributed by atoms with Crippen molar-refractivity contribution in [1.29, 1.82) is 0 Å². The number of aromatic nitrogens is 2. The lowest BCUT2D eigenvalue weighted by atomic mass is 10.1. The number of hydrogen-bond acceptors (Lipinski definition) is 2. The van der Waals surface area contributed by atoms with E-state index >= 15 is 0 Å². The standard InChI is InChI=1S/C12H13FN2O/c1-2-7-15-12(5-6-14-15)10-4-3-9(16)8-11(10)13/h3-6,8,16H,2,7H2,1H3. The summed E-state index contributed by atoms with van der Waals surface area (Å²) in [6.07, 6.45) is 2.59. The van der Waals surface area contributed by atoms with Gasteiger partial charge in [0.25, 0.3) is 0 Å². The van der Waals surface area contributed by atoms with E-state index in [0.717, 1.165) is 24.7 Å². The molecule has 0 saturated heterocycles. The molecule has 0 radical (unpaired) electrons. The highest BCUT2D eigenvalue weighted by Gasteiger charge is 2.10. The molecule has 4 heteroatoms. The van der Waals surface area contributed by atoms with Gasteiger partial charge in [0.05, 0.1) is 5.69 Å². The Morgan fingerprint density at radius 2 is 2.19 bits per heavy atom. The number of halogens is 1. The molecule has 0 fully saturated rings. The lowest BCUT2D eigenvalue weighted by Crippen LogP contribution is -2.01. The number of aromatic hydroxyl groups is 1. The zero-order valence-corrected chi connectivity index (χ0v) is 9.02. The van der Waals surface area contributed by atoms with E-state index in [1.807, 2.05) is 6.92 Å². The number of phenolic OH excluding ortho intramolecular Hbond substituents is 1. The van der Waals surface area contributed by atoms with Crippen LogP contribution in [-0.4, -0.2) is 14.9 Å². The van der Waals surface area contributed by atoms with Crippen molar-refractivity contribution >= 4 is 0 Å². The van der Waals surface area contributed by atoms with Gasteiger partial charge < -0.3 is 5.11 Å². The average Bonchev–Trinajstić information content (AvgIpc) is 2.67. The van der Waals surface area contributed by atoms with Crippen LogP contribution >= 0.6 is 0 Å². The monoisotopic (exact) mass is 220 g/mol. The number of rotatable bonds is 3. The molecule has 16 heavy (non-hydrogen) atoms. The Hall–Kier alpha value is -1.84. The summed E-state index contributed by atoms with van der Waals surface area (Å²) < 4.78 is 15.4. The first-order valence-electron chi connectivity index (χ1n) is 5.23. The molecule has 2 aromatic rings. The van der Waals surface area contributed by atoms with E-state index in [-0.39, 0.29) is 5.75 Å². The summed E-state index contributed by atoms with van der Waals surface area (Å²) in [5.74, 6) is -0.499. The Morgan fingerprint density at radius 1 is 1.38 bits per heavy atom. The van der Waals surface area contributed by atoms with Crippen molar-refractivity contribution in [2.45, 2.75) is 19.9 Å². The molecule has 3 nitrogen and oxygen atoms in total. The summed E-state index contributed by atoms with van der Waals surface area (Å²) in [7, 11) is 0. The highest BCUT2D eigenvalue weighted by atomic mass is 19.1. The minimum absolute atomic E-state index is 0.0668. The summed E-state index contributed by atoms with van der Waals surface area (Å²) in [5, 5.41) is 13.3. The molecule has 0 aliphatic heterocycles. The van der Waals surface area contributed by atoms with Crippen molar-refractivity contribution in [2.24, 2.45) is 0 Å². The van der Waals surface area contributed by atoms with Crippen LogP contribution in [-0.2, 0) is 6.54 Å². The van der Waals surface area contributed by atoms with Crippen molar-refractivity contribution < 1.29 is 9.50 Å². The maximum Gasteiger partial charge on any atom is 0.136 e. The molecule has 1 heterocycles. The third-order valence-electron chi connectivity index (χ3n) is 2.38. The second kappa shape index (κ2) is 4.35. The largest absolute Gasteiger partial charge is 0.508 e. The van der Waals surface area contributed by atoms with Gasteiger partial charge in [0.1, 0.15) is 11.6 Å². The fraction of sp³-hybridized carbons (Fsp3) is 0.250. The average molecular weight is 220 g/mol. The van der Waals surface area contributed by atoms with E-state index < -0.39 is 5.82 Å². The molecule has 1 aromatic carbocycles. The van der Waals surface area contributed by atoms with E-state index in [4.69, 9.17) is 5.11 Å². The molecule has 0 aliphatic rings. The van der Waals surface area contributed by atoms with Crippen LogP contribution in [0.4, 0.5) is 4.39 Å². The molecule has 0 spiro atoms. The molecule has 0 amide bonds. The predicted molar refractivity (Wildman–Crippen MR) is 59.6 cm³/mol. The van der Waals surface area contributed by atoms with Gasteiger partial charge in [-0.1, -0.05) is 6.92 Å². The number of nitrogens with zero attached hydrogens (tertiary/aromatic N) is 2. The molecule has 0 saturated carbocycles. The first-order valence-corrected chi connectivity index (χ1v) is 5.23. The molecule has 2 rings (SSSR count). The zero-order valence-electron chi connectivity index (χ0n) is 9.02. The third-order valence-corrected chi connectivity index (χ3v) is 2.38. The van der Waals surface area contributed by atoms with Crippen LogP contribution in [0.15, 0.2) is 30.5 Å². The molecule has 0 atom stereocenters. The van der Waals surface area contributed by atoms with Gasteiger partial charge in [-0.05, 0) is 24.6 Å². The Bertz CT molecular complexity index is 494. The summed E-state index contributed by atoms with van der Waals surface area (Å²) in [4.78, 5) is 0. The number of hydrogen-bond donors (Lipinski definition) is 1. The Kier molecular flexibility index (Phi) is 2.90. The molecular formula is C12H13FN2O. The van der Waals surface area contributed by atoms with Crippen LogP contribution in [0.2, 0.25) is 0 Å². The van der Waals surface area contributed by atoms with E-state index in [1.54, 1.807) is 23.0 Å². The first kappa shape index (κ1) is 10.7. The predicted octanol–water partition coefficient (Wildman–Crippen LogP) is 2.80. The smallest absolute Gasteiger partial charge is 0.136 e. The van der Waals surface area contributed by atoms with E-state index in [9.17, 15) is 4.39 Å². The Labute approximate surface area is 93.2 Å². The van der Waals surface area contributed by atoms with Crippen LogP contribution in [0, 0.1) is 5.82 Å². The van der Waals surface area contributed by atoms with Gasteiger partial charge in [-0.2, -0.15) is 5.10 Å². The molecule has 0 unspecified atom stereocenters. The van der Waals surface area contributed by atoms with Crippen molar-refractivity contribution in [1.82, 2.24) is 9.78 Å². The fourth-order valence-corrected chi connectivity index (χ4v) is 1.66. The maximum atomic E-state index is 13.6. The summed E-state index contributed by atoms with van der Waals surface area (Å²) in [6, 6.07) is 5.92. The Morgan fingerprint density at radius 3 is 2.88 bits per heavy atom. The Balaban J connectivity index is 2.46. The van der Waals surface area contributed by atoms with Gasteiger partial charge in [-0.3, -0.25) is 4.68 Å². The highest BCUT2D eigenvalue weighted by molar-refractivity contribution is 5.61. The summed E-state index contributed by atoms with van der Waals surface area (Å²) >= 11 is 0. The van der Waals surface area contributed by atoms with Crippen molar-refractivity contribution in [3.63, 3.8) is 0 Å². The fourth-order valence-electron chi connectivity index (χ4n) is 1.66. The van der Waals surface area contributed by atoms with Crippen LogP contribution in [0.25, 0.3) is 11.3 Å². The number of aryl methyl sites for hydroxylation is 1. The van der Waals surface area contributed by atoms with Crippen LogP contribution in [0.5, 0.6) is 5.75 Å². The van der Waals surface area contributed by atoms with Crippen LogP contribution in [0.3, 0.4) is 0 Å². The van der Waals surface area contributed by atoms with Crippen molar-refractivity contribution in [3.05, 3.63) is 36.3 Å². The second-order valence-corrected chi connectivity index (χ2v) is 3.60. The van der Waals surface area contributed by atoms with Gasteiger partial charge in [0, 0.05) is 24.4 Å². The van der Waals surface area contributed by atoms with Gasteiger partial charge in [-0.15, -0.1) is 0 Å². The third kappa shape index (κ3) is 1.91. The summed E-state index contributed by atoms with van der Waals surface area (Å²) in [5.41, 5.74) is 1.20. The van der Waals surface area contributed by atoms with E-state index in [0.29, 0.717) is 5.56 Å². The SMILES string of the molecule is CCCn1nccc1-c1ccc(O)cc1F. The van der Waals surface area contributed by atoms with E-state index in [1.165, 1.54) is 6.07 Å².